The SMILES string of the molecule is C[C@@H]1C[C@@H](COCc2ccccc2)N(C(=O)OC(C)(C)C)C1. The quantitative estimate of drug-likeness (QED) is 0.848. The van der Waals surface area contributed by atoms with Crippen LogP contribution >= 0.6 is 0 Å². The molecule has 1 fully saturated rings. The molecule has 2 rings (SSSR count). The van der Waals surface area contributed by atoms with Crippen LogP contribution < -0.4 is 0 Å². The third-order valence-electron chi connectivity index (χ3n) is 3.67. The number of amides is 1. The zero-order valence-electron chi connectivity index (χ0n) is 14.0. The van der Waals surface area contributed by atoms with E-state index < -0.39 is 5.60 Å². The first-order valence-electron chi connectivity index (χ1n) is 7.96. The highest BCUT2D eigenvalue weighted by Gasteiger charge is 2.35. The Morgan fingerprint density at radius 2 is 1.95 bits per heavy atom. The molecule has 122 valence electrons. The van der Waals surface area contributed by atoms with Crippen LogP contribution in [0.3, 0.4) is 0 Å². The Morgan fingerprint density at radius 1 is 1.27 bits per heavy atom. The van der Waals surface area contributed by atoms with Gasteiger partial charge in [-0.15, -0.1) is 0 Å². The van der Waals surface area contributed by atoms with Crippen LogP contribution in [0.2, 0.25) is 0 Å². The summed E-state index contributed by atoms with van der Waals surface area (Å²) in [5.74, 6) is 0.484. The third kappa shape index (κ3) is 5.02. The molecule has 1 aliphatic rings. The summed E-state index contributed by atoms with van der Waals surface area (Å²) >= 11 is 0. The van der Waals surface area contributed by atoms with Gasteiger partial charge in [0.05, 0.1) is 19.3 Å². The average Bonchev–Trinajstić information content (AvgIpc) is 2.79. The Morgan fingerprint density at radius 3 is 2.59 bits per heavy atom. The Bertz CT molecular complexity index is 481. The maximum Gasteiger partial charge on any atom is 0.410 e. The van der Waals surface area contributed by atoms with Crippen molar-refractivity contribution in [3.8, 4) is 0 Å². The number of benzene rings is 1. The summed E-state index contributed by atoms with van der Waals surface area (Å²) in [7, 11) is 0. The van der Waals surface area contributed by atoms with Gasteiger partial charge >= 0.3 is 6.09 Å². The minimum atomic E-state index is -0.460. The van der Waals surface area contributed by atoms with Crippen molar-refractivity contribution in [1.82, 2.24) is 4.90 Å². The monoisotopic (exact) mass is 305 g/mol. The molecule has 0 saturated carbocycles. The second-order valence-corrected chi connectivity index (χ2v) is 7.13. The standard InChI is InChI=1S/C18H27NO3/c1-14-10-16(13-21-12-15-8-6-5-7-9-15)19(11-14)17(20)22-18(2,3)4/h5-9,14,16H,10-13H2,1-4H3/t14-,16+/m1/s1. The summed E-state index contributed by atoms with van der Waals surface area (Å²) in [6, 6.07) is 10.2. The van der Waals surface area contributed by atoms with Crippen molar-refractivity contribution in [2.24, 2.45) is 5.92 Å². The van der Waals surface area contributed by atoms with Gasteiger partial charge in [0.2, 0.25) is 0 Å². The molecule has 0 aromatic heterocycles. The predicted molar refractivity (Wildman–Crippen MR) is 86.6 cm³/mol. The fraction of sp³-hybridized carbons (Fsp3) is 0.611. The molecule has 1 amide bonds. The van der Waals surface area contributed by atoms with Gasteiger partial charge in [0.1, 0.15) is 5.60 Å². The van der Waals surface area contributed by atoms with E-state index in [-0.39, 0.29) is 12.1 Å². The number of carbonyl (C=O) groups is 1. The highest BCUT2D eigenvalue weighted by atomic mass is 16.6. The summed E-state index contributed by atoms with van der Waals surface area (Å²) in [5.41, 5.74) is 0.690. The van der Waals surface area contributed by atoms with Gasteiger partial charge in [0, 0.05) is 6.54 Å². The van der Waals surface area contributed by atoms with E-state index >= 15 is 0 Å². The molecule has 0 spiro atoms. The lowest BCUT2D eigenvalue weighted by Crippen LogP contribution is -2.41. The highest BCUT2D eigenvalue weighted by Crippen LogP contribution is 2.25. The smallest absolute Gasteiger partial charge is 0.410 e. The fourth-order valence-electron chi connectivity index (χ4n) is 2.74. The maximum absolute atomic E-state index is 12.3. The molecule has 2 atom stereocenters. The number of carbonyl (C=O) groups excluding carboxylic acids is 1. The second kappa shape index (κ2) is 7.14. The van der Waals surface area contributed by atoms with E-state index in [0.29, 0.717) is 19.1 Å². The van der Waals surface area contributed by atoms with Crippen LogP contribution in [0.25, 0.3) is 0 Å². The van der Waals surface area contributed by atoms with Crippen LogP contribution in [-0.2, 0) is 16.1 Å². The number of rotatable bonds is 4. The molecule has 0 radical (unpaired) electrons. The number of hydrogen-bond donors (Lipinski definition) is 0. The number of ether oxygens (including phenoxy) is 2. The predicted octanol–water partition coefficient (Wildman–Crippen LogP) is 3.85. The zero-order chi connectivity index (χ0) is 16.2. The Kier molecular flexibility index (Phi) is 5.46. The van der Waals surface area contributed by atoms with Crippen molar-refractivity contribution in [3.05, 3.63) is 35.9 Å². The van der Waals surface area contributed by atoms with Crippen LogP contribution in [0.4, 0.5) is 4.79 Å². The summed E-state index contributed by atoms with van der Waals surface area (Å²) in [4.78, 5) is 14.1. The summed E-state index contributed by atoms with van der Waals surface area (Å²) in [5, 5.41) is 0. The lowest BCUT2D eigenvalue weighted by atomic mass is 10.1. The molecule has 0 unspecified atom stereocenters. The lowest BCUT2D eigenvalue weighted by Gasteiger charge is -2.28. The van der Waals surface area contributed by atoms with E-state index in [1.165, 1.54) is 0 Å². The van der Waals surface area contributed by atoms with E-state index in [9.17, 15) is 4.79 Å². The van der Waals surface area contributed by atoms with Crippen molar-refractivity contribution < 1.29 is 14.3 Å². The van der Waals surface area contributed by atoms with Crippen LogP contribution in [0.15, 0.2) is 30.3 Å². The largest absolute Gasteiger partial charge is 0.444 e. The fourth-order valence-corrected chi connectivity index (χ4v) is 2.74. The normalized spacial score (nSPS) is 21.9. The molecular weight excluding hydrogens is 278 g/mol. The first kappa shape index (κ1) is 16.8. The van der Waals surface area contributed by atoms with Crippen LogP contribution in [0, 0.1) is 5.92 Å². The molecule has 1 saturated heterocycles. The molecule has 1 heterocycles. The number of nitrogens with zero attached hydrogens (tertiary/aromatic N) is 1. The van der Waals surface area contributed by atoms with E-state index in [1.807, 2.05) is 56.0 Å². The van der Waals surface area contributed by atoms with Gasteiger partial charge in [-0.3, -0.25) is 0 Å². The van der Waals surface area contributed by atoms with Crippen molar-refractivity contribution in [1.29, 1.82) is 0 Å². The molecule has 22 heavy (non-hydrogen) atoms. The van der Waals surface area contributed by atoms with Gasteiger partial charge in [0.15, 0.2) is 0 Å². The maximum atomic E-state index is 12.3. The minimum absolute atomic E-state index is 0.105. The van der Waals surface area contributed by atoms with Crippen LogP contribution in [0.5, 0.6) is 0 Å². The molecule has 4 heteroatoms. The van der Waals surface area contributed by atoms with Gasteiger partial charge in [-0.2, -0.15) is 0 Å². The Balaban J connectivity index is 1.86. The first-order chi connectivity index (χ1) is 10.3. The van der Waals surface area contributed by atoms with Crippen molar-refractivity contribution in [2.75, 3.05) is 13.2 Å². The van der Waals surface area contributed by atoms with E-state index in [0.717, 1.165) is 18.5 Å². The Labute approximate surface area is 133 Å². The molecule has 0 bridgehead atoms. The topological polar surface area (TPSA) is 38.8 Å². The molecule has 1 aromatic rings. The van der Waals surface area contributed by atoms with E-state index in [4.69, 9.17) is 9.47 Å². The van der Waals surface area contributed by atoms with Gasteiger partial charge < -0.3 is 14.4 Å². The highest BCUT2D eigenvalue weighted by molar-refractivity contribution is 5.69. The van der Waals surface area contributed by atoms with Crippen molar-refractivity contribution >= 4 is 6.09 Å². The van der Waals surface area contributed by atoms with Crippen LogP contribution in [-0.4, -0.2) is 35.8 Å². The molecular formula is C18H27NO3. The summed E-state index contributed by atoms with van der Waals surface area (Å²) < 4.78 is 11.3. The third-order valence-corrected chi connectivity index (χ3v) is 3.67. The summed E-state index contributed by atoms with van der Waals surface area (Å²) in [6.07, 6.45) is 0.735. The van der Waals surface area contributed by atoms with E-state index in [2.05, 4.69) is 6.92 Å². The van der Waals surface area contributed by atoms with Gasteiger partial charge in [0.25, 0.3) is 0 Å². The van der Waals surface area contributed by atoms with Gasteiger partial charge in [-0.25, -0.2) is 4.79 Å². The second-order valence-electron chi connectivity index (χ2n) is 7.13. The van der Waals surface area contributed by atoms with Gasteiger partial charge in [-0.05, 0) is 38.7 Å². The zero-order valence-corrected chi connectivity index (χ0v) is 14.0. The van der Waals surface area contributed by atoms with Crippen LogP contribution in [0.1, 0.15) is 39.7 Å². The molecule has 1 aliphatic heterocycles. The first-order valence-corrected chi connectivity index (χ1v) is 7.96. The molecule has 0 aliphatic carbocycles. The minimum Gasteiger partial charge on any atom is -0.444 e. The van der Waals surface area contributed by atoms with Crippen molar-refractivity contribution in [2.45, 2.75) is 52.4 Å². The average molecular weight is 305 g/mol. The summed E-state index contributed by atoms with van der Waals surface area (Å²) in [6.45, 7) is 9.72. The van der Waals surface area contributed by atoms with E-state index in [1.54, 1.807) is 0 Å². The molecule has 4 nitrogen and oxygen atoms in total. The van der Waals surface area contributed by atoms with Crippen molar-refractivity contribution in [3.63, 3.8) is 0 Å². The number of hydrogen-bond acceptors (Lipinski definition) is 3. The Hall–Kier alpha value is -1.55. The molecule has 0 N–H and O–H groups in total. The lowest BCUT2D eigenvalue weighted by molar-refractivity contribution is 0.00867. The molecule has 1 aromatic carbocycles. The number of likely N-dealkylation sites (tertiary alicyclic amines) is 1. The van der Waals surface area contributed by atoms with Gasteiger partial charge in [-0.1, -0.05) is 37.3 Å².